The van der Waals surface area contributed by atoms with E-state index >= 15 is 0 Å². The van der Waals surface area contributed by atoms with Crippen LogP contribution in [0.25, 0.3) is 0 Å². The minimum atomic E-state index is -1.38. The fraction of sp³-hybridized carbons (Fsp3) is 0.500. The molecule has 0 aliphatic carbocycles. The lowest BCUT2D eigenvalue weighted by Gasteiger charge is -2.19. The van der Waals surface area contributed by atoms with Crippen molar-refractivity contribution in [3.8, 4) is 0 Å². The first kappa shape index (κ1) is 38.2. The number of thioether (sulfide) groups is 1. The van der Waals surface area contributed by atoms with E-state index in [4.69, 9.17) is 5.11 Å². The number of hydrogen-bond acceptors (Lipinski definition) is 9. The first-order chi connectivity index (χ1) is 21.7. The Morgan fingerprint density at radius 1 is 0.978 bits per heavy atom. The van der Waals surface area contributed by atoms with Crippen LogP contribution in [0.5, 0.6) is 0 Å². The van der Waals surface area contributed by atoms with Crippen molar-refractivity contribution in [3.05, 3.63) is 33.4 Å². The summed E-state index contributed by atoms with van der Waals surface area (Å²) in [7, 11) is 0. The van der Waals surface area contributed by atoms with Crippen LogP contribution in [0.4, 0.5) is 4.79 Å². The smallest absolute Gasteiger partial charge is 0.327 e. The molecule has 1 heterocycles. The molecule has 1 aliphatic heterocycles. The predicted octanol–water partition coefficient (Wildman–Crippen LogP) is 0.627. The number of imide groups is 1. The van der Waals surface area contributed by atoms with Gasteiger partial charge in [-0.3, -0.25) is 28.9 Å². The van der Waals surface area contributed by atoms with Gasteiger partial charge in [-0.05, 0) is 73.4 Å². The van der Waals surface area contributed by atoms with Crippen LogP contribution in [-0.4, -0.2) is 110 Å². The topological polar surface area (TPSA) is 249 Å². The van der Waals surface area contributed by atoms with Gasteiger partial charge >= 0.3 is 23.9 Å². The predicted molar refractivity (Wildman–Crippen MR) is 172 cm³/mol. The number of carboxylic acid groups (broad SMARTS) is 3. The van der Waals surface area contributed by atoms with Crippen molar-refractivity contribution in [2.75, 3.05) is 18.8 Å². The van der Waals surface area contributed by atoms with Gasteiger partial charge in [-0.2, -0.15) is 0 Å². The molecule has 6 amide bonds. The van der Waals surface area contributed by atoms with Gasteiger partial charge in [-0.1, -0.05) is 6.07 Å². The number of unbranched alkanes of at least 4 members (excludes halogenated alkanes) is 1. The molecule has 0 saturated carbocycles. The number of amides is 6. The molecule has 46 heavy (non-hydrogen) atoms. The summed E-state index contributed by atoms with van der Waals surface area (Å²) < 4.78 is 0.830. The molecule has 1 aromatic carbocycles. The van der Waals surface area contributed by atoms with Gasteiger partial charge in [0.25, 0.3) is 5.91 Å². The van der Waals surface area contributed by atoms with Crippen molar-refractivity contribution >= 4 is 81.9 Å². The molecular formula is C28H36IN5O11S. The van der Waals surface area contributed by atoms with Crippen LogP contribution in [0.2, 0.25) is 0 Å². The van der Waals surface area contributed by atoms with Crippen LogP contribution in [0.15, 0.2) is 24.3 Å². The number of nitrogens with one attached hydrogen (secondary N) is 4. The molecule has 1 aromatic rings. The summed E-state index contributed by atoms with van der Waals surface area (Å²) in [5, 5.41) is 36.4. The van der Waals surface area contributed by atoms with Crippen molar-refractivity contribution in [2.45, 2.75) is 68.8 Å². The molecule has 0 spiro atoms. The van der Waals surface area contributed by atoms with Gasteiger partial charge in [0.2, 0.25) is 17.7 Å². The van der Waals surface area contributed by atoms with Gasteiger partial charge < -0.3 is 36.6 Å². The Labute approximate surface area is 281 Å². The summed E-state index contributed by atoms with van der Waals surface area (Å²) in [6, 6.07) is 2.71. The summed E-state index contributed by atoms with van der Waals surface area (Å²) in [5.74, 6) is -6.08. The fourth-order valence-corrected chi connectivity index (χ4v) is 5.98. The largest absolute Gasteiger partial charge is 0.481 e. The van der Waals surface area contributed by atoms with Crippen molar-refractivity contribution in [1.82, 2.24) is 26.2 Å². The lowest BCUT2D eigenvalue weighted by molar-refractivity contribution is -0.142. The lowest BCUT2D eigenvalue weighted by Crippen LogP contribution is -2.49. The highest BCUT2D eigenvalue weighted by atomic mass is 123. The second-order valence-corrected chi connectivity index (χ2v) is 12.9. The molecule has 16 nitrogen and oxygen atoms in total. The summed E-state index contributed by atoms with van der Waals surface area (Å²) in [6.07, 6.45) is 0.285. The lowest BCUT2D eigenvalue weighted by atomic mass is 10.1. The van der Waals surface area contributed by atoms with Gasteiger partial charge in [-0.15, -0.1) is 11.8 Å². The molecule has 4 atom stereocenters. The van der Waals surface area contributed by atoms with Crippen LogP contribution in [-0.2, 0) is 28.8 Å². The average Bonchev–Trinajstić information content (AvgIpc) is 3.25. The number of carboxylic acids is 3. The molecule has 7 N–H and O–H groups in total. The SMILES string of the molecule is C[C@H](CCC(=O)O)NC(=O)N[C@@H](CSC1CC(=O)N(CCCC[C@H](NC(=O)CNC(=O)c2cccc([123I])c2)C(=O)O)C1=O)C(=O)O. The highest BCUT2D eigenvalue weighted by molar-refractivity contribution is 14.1. The Hall–Kier alpha value is -3.94. The van der Waals surface area contributed by atoms with Crippen molar-refractivity contribution in [3.63, 3.8) is 0 Å². The standard InChI is InChI=1S/C28H36IN5O11S/c1-15(8-9-23(37)38)31-28(45)33-19(27(43)44)14-46-20-12-22(36)34(25(20)40)10-3-2-7-18(26(41)42)32-21(35)13-30-24(39)16-5-4-6-17(29)11-16/h4-6,11,15,18-20H,2-3,7-10,12-14H2,1H3,(H,30,39)(H,32,35)(H,37,38)(H,41,42)(H,43,44)(H2,31,33,45)/t15-,18+,19+,20?/m1/s1/i29-4. The summed E-state index contributed by atoms with van der Waals surface area (Å²) in [5.41, 5.74) is 0.350. The summed E-state index contributed by atoms with van der Waals surface area (Å²) in [4.78, 5) is 96.9. The van der Waals surface area contributed by atoms with E-state index in [1.807, 2.05) is 22.6 Å². The molecule has 0 bridgehead atoms. The number of carbonyl (C=O) groups excluding carboxylic acids is 5. The number of halogens is 1. The second kappa shape index (κ2) is 18.9. The van der Waals surface area contributed by atoms with Gasteiger partial charge in [0.1, 0.15) is 12.1 Å². The fourth-order valence-electron chi connectivity index (χ4n) is 4.25. The molecule has 1 unspecified atom stereocenters. The number of nitrogens with zero attached hydrogens (tertiary/aromatic N) is 1. The van der Waals surface area contributed by atoms with Gasteiger partial charge in [0.15, 0.2) is 0 Å². The maximum absolute atomic E-state index is 12.8. The zero-order chi connectivity index (χ0) is 34.4. The molecule has 1 aliphatic rings. The first-order valence-electron chi connectivity index (χ1n) is 14.2. The van der Waals surface area contributed by atoms with Gasteiger partial charge in [-0.25, -0.2) is 14.4 Å². The maximum atomic E-state index is 12.8. The Morgan fingerprint density at radius 3 is 2.30 bits per heavy atom. The number of hydrogen-bond donors (Lipinski definition) is 7. The normalized spacial score (nSPS) is 16.2. The molecule has 0 aromatic heterocycles. The van der Waals surface area contributed by atoms with E-state index in [-0.39, 0.29) is 50.8 Å². The number of likely N-dealkylation sites (tertiary alicyclic amines) is 1. The molecule has 18 heteroatoms. The molecular weight excluding hydrogens is 737 g/mol. The Morgan fingerprint density at radius 2 is 1.67 bits per heavy atom. The average molecular weight is 774 g/mol. The third-order valence-corrected chi connectivity index (χ3v) is 8.66. The number of urea groups is 1. The summed E-state index contributed by atoms with van der Waals surface area (Å²) in [6.45, 7) is 1.13. The zero-order valence-corrected chi connectivity index (χ0v) is 27.8. The molecule has 2 rings (SSSR count). The van der Waals surface area contributed by atoms with E-state index in [2.05, 4.69) is 21.3 Å². The van der Waals surface area contributed by atoms with Crippen LogP contribution in [0.3, 0.4) is 0 Å². The highest BCUT2D eigenvalue weighted by Crippen LogP contribution is 2.26. The Bertz CT molecular complexity index is 1330. The first-order valence-corrected chi connectivity index (χ1v) is 16.3. The van der Waals surface area contributed by atoms with Crippen molar-refractivity contribution < 1.29 is 53.7 Å². The minimum absolute atomic E-state index is 0.00179. The number of rotatable bonds is 19. The van der Waals surface area contributed by atoms with Crippen LogP contribution < -0.4 is 21.3 Å². The summed E-state index contributed by atoms with van der Waals surface area (Å²) >= 11 is 2.94. The van der Waals surface area contributed by atoms with E-state index in [1.165, 1.54) is 0 Å². The van der Waals surface area contributed by atoms with Crippen LogP contribution >= 0.6 is 34.4 Å². The minimum Gasteiger partial charge on any atom is -0.481 e. The second-order valence-electron chi connectivity index (χ2n) is 10.4. The van der Waals surface area contributed by atoms with Gasteiger partial charge in [0, 0.05) is 40.3 Å². The molecule has 1 saturated heterocycles. The number of carbonyl (C=O) groups is 8. The zero-order valence-electron chi connectivity index (χ0n) is 24.8. The van der Waals surface area contributed by atoms with E-state index in [9.17, 15) is 48.6 Å². The van der Waals surface area contributed by atoms with Gasteiger partial charge in [0.05, 0.1) is 11.8 Å². The van der Waals surface area contributed by atoms with E-state index in [0.29, 0.717) is 5.56 Å². The molecule has 1 fully saturated rings. The molecule has 0 radical (unpaired) electrons. The van der Waals surface area contributed by atoms with E-state index in [0.717, 1.165) is 20.2 Å². The maximum Gasteiger partial charge on any atom is 0.327 e. The monoisotopic (exact) mass is 773 g/mol. The quantitative estimate of drug-likeness (QED) is 0.0581. The van der Waals surface area contributed by atoms with E-state index in [1.54, 1.807) is 31.2 Å². The van der Waals surface area contributed by atoms with E-state index < -0.39 is 77.5 Å². The van der Waals surface area contributed by atoms with Crippen LogP contribution in [0.1, 0.15) is 55.8 Å². The number of aliphatic carboxylic acids is 3. The van der Waals surface area contributed by atoms with Crippen molar-refractivity contribution in [1.29, 1.82) is 0 Å². The third kappa shape index (κ3) is 13.2. The molecule has 252 valence electrons. The highest BCUT2D eigenvalue weighted by Gasteiger charge is 2.39. The number of benzene rings is 1. The Balaban J connectivity index is 1.77. The third-order valence-electron chi connectivity index (χ3n) is 6.69. The Kier molecular flexibility index (Phi) is 15.7. The van der Waals surface area contributed by atoms with Crippen molar-refractivity contribution in [2.24, 2.45) is 0 Å². The van der Waals surface area contributed by atoms with Crippen LogP contribution in [0, 0.1) is 3.57 Å².